The van der Waals surface area contributed by atoms with E-state index in [0.29, 0.717) is 5.82 Å². The molecule has 0 spiro atoms. The molecule has 31 heavy (non-hydrogen) atoms. The molecule has 1 N–H and O–H groups in total. The molecule has 0 saturated heterocycles. The third kappa shape index (κ3) is 3.13. The van der Waals surface area contributed by atoms with Crippen molar-refractivity contribution in [1.82, 2.24) is 9.97 Å². The number of halogens is 1. The number of aromatic nitrogens is 2. The van der Waals surface area contributed by atoms with E-state index in [1.165, 1.54) is 32.3 Å². The maximum atomic E-state index is 13.8. The number of aromatic amines is 1. The lowest BCUT2D eigenvalue weighted by molar-refractivity contribution is 0.628. The number of nitrogens with zero attached hydrogens (tertiary/aromatic N) is 1. The number of H-pyrrole nitrogens is 1. The molecular formula is C27H17FN2S. The quantitative estimate of drug-likeness (QED) is 0.309. The summed E-state index contributed by atoms with van der Waals surface area (Å²) < 4.78 is 16.3. The first kappa shape index (κ1) is 18.0. The van der Waals surface area contributed by atoms with Crippen molar-refractivity contribution in [3.63, 3.8) is 0 Å². The van der Waals surface area contributed by atoms with Crippen molar-refractivity contribution in [3.05, 3.63) is 103 Å². The van der Waals surface area contributed by atoms with Gasteiger partial charge >= 0.3 is 0 Å². The number of rotatable bonds is 3. The predicted molar refractivity (Wildman–Crippen MR) is 128 cm³/mol. The topological polar surface area (TPSA) is 28.7 Å². The van der Waals surface area contributed by atoms with Crippen LogP contribution in [0.25, 0.3) is 54.1 Å². The van der Waals surface area contributed by atoms with Crippen molar-refractivity contribution < 1.29 is 4.39 Å². The van der Waals surface area contributed by atoms with E-state index >= 15 is 0 Å². The van der Waals surface area contributed by atoms with Crippen molar-refractivity contribution in [2.24, 2.45) is 0 Å². The molecule has 6 aromatic rings. The normalized spacial score (nSPS) is 11.4. The van der Waals surface area contributed by atoms with Gasteiger partial charge in [0.05, 0.1) is 11.4 Å². The highest BCUT2D eigenvalue weighted by Gasteiger charge is 2.16. The molecule has 0 aliphatic rings. The first-order valence-electron chi connectivity index (χ1n) is 10.1. The van der Waals surface area contributed by atoms with E-state index in [-0.39, 0.29) is 5.82 Å². The molecule has 4 aromatic carbocycles. The van der Waals surface area contributed by atoms with Gasteiger partial charge in [-0.25, -0.2) is 9.37 Å². The number of fused-ring (bicyclic) bond motifs is 3. The van der Waals surface area contributed by atoms with Crippen LogP contribution in [0.15, 0.2) is 97.1 Å². The number of hydrogen-bond donors (Lipinski definition) is 1. The second-order valence-corrected chi connectivity index (χ2v) is 8.58. The van der Waals surface area contributed by atoms with Crippen LogP contribution in [-0.2, 0) is 0 Å². The minimum absolute atomic E-state index is 0.275. The SMILES string of the molecule is Fc1cccc(-c2nc(-c3ccc4c(c3)sc3ccccc34)c(-c3ccccc3)[nH]2)c1. The lowest BCUT2D eigenvalue weighted by Crippen LogP contribution is -1.83. The van der Waals surface area contributed by atoms with Crippen LogP contribution >= 0.6 is 11.3 Å². The van der Waals surface area contributed by atoms with E-state index in [9.17, 15) is 4.39 Å². The number of benzene rings is 4. The van der Waals surface area contributed by atoms with Crippen LogP contribution in [0, 0.1) is 5.82 Å². The monoisotopic (exact) mass is 420 g/mol. The zero-order valence-electron chi connectivity index (χ0n) is 16.5. The maximum absolute atomic E-state index is 13.8. The summed E-state index contributed by atoms with van der Waals surface area (Å²) in [6.07, 6.45) is 0. The molecule has 0 aliphatic carbocycles. The van der Waals surface area contributed by atoms with Crippen molar-refractivity contribution >= 4 is 31.5 Å². The van der Waals surface area contributed by atoms with Gasteiger partial charge in [-0.3, -0.25) is 0 Å². The molecule has 148 valence electrons. The zero-order chi connectivity index (χ0) is 20.8. The van der Waals surface area contributed by atoms with Gasteiger partial charge in [-0.15, -0.1) is 11.3 Å². The number of thiophene rings is 1. The van der Waals surface area contributed by atoms with Crippen LogP contribution in [0.1, 0.15) is 0 Å². The van der Waals surface area contributed by atoms with Gasteiger partial charge in [0.2, 0.25) is 0 Å². The Bertz CT molecular complexity index is 1550. The summed E-state index contributed by atoms with van der Waals surface area (Å²) in [6, 6.07) is 31.7. The highest BCUT2D eigenvalue weighted by molar-refractivity contribution is 7.25. The van der Waals surface area contributed by atoms with Crippen LogP contribution in [0.5, 0.6) is 0 Å². The molecule has 2 heterocycles. The Morgan fingerprint density at radius 2 is 1.42 bits per heavy atom. The highest BCUT2D eigenvalue weighted by Crippen LogP contribution is 2.38. The molecule has 4 heteroatoms. The highest BCUT2D eigenvalue weighted by atomic mass is 32.1. The fourth-order valence-corrected chi connectivity index (χ4v) is 5.19. The molecule has 0 fully saturated rings. The third-order valence-corrected chi connectivity index (χ3v) is 6.65. The zero-order valence-corrected chi connectivity index (χ0v) is 17.3. The Labute approximate surface area is 182 Å². The van der Waals surface area contributed by atoms with Crippen LogP contribution in [0.2, 0.25) is 0 Å². The predicted octanol–water partition coefficient (Wildman–Crippen LogP) is 7.92. The summed E-state index contributed by atoms with van der Waals surface area (Å²) >= 11 is 1.79. The van der Waals surface area contributed by atoms with Gasteiger partial charge in [0.15, 0.2) is 0 Å². The summed E-state index contributed by atoms with van der Waals surface area (Å²) in [6.45, 7) is 0. The second-order valence-electron chi connectivity index (χ2n) is 7.49. The van der Waals surface area contributed by atoms with Gasteiger partial charge in [-0.1, -0.05) is 72.8 Å². The van der Waals surface area contributed by atoms with E-state index < -0.39 is 0 Å². The molecule has 0 saturated carbocycles. The molecule has 0 aliphatic heterocycles. The number of hydrogen-bond acceptors (Lipinski definition) is 2. The Balaban J connectivity index is 1.57. The van der Waals surface area contributed by atoms with E-state index in [1.54, 1.807) is 17.4 Å². The molecule has 2 nitrogen and oxygen atoms in total. The molecule has 0 radical (unpaired) electrons. The summed E-state index contributed by atoms with van der Waals surface area (Å²) in [5, 5.41) is 2.53. The lowest BCUT2D eigenvalue weighted by atomic mass is 10.0. The van der Waals surface area contributed by atoms with Crippen LogP contribution in [0.3, 0.4) is 0 Å². The standard InChI is InChI=1S/C27H17FN2S/c28-20-10-6-9-19(15-20)27-29-25(17-7-2-1-3-8-17)26(30-27)18-13-14-22-21-11-4-5-12-23(21)31-24(22)16-18/h1-16H,(H,29,30). The Hall–Kier alpha value is -3.76. The molecule has 2 aromatic heterocycles. The molecule has 0 bridgehead atoms. The molecule has 0 amide bonds. The second kappa shape index (κ2) is 7.18. The number of nitrogens with one attached hydrogen (secondary N) is 1. The van der Waals surface area contributed by atoms with Gasteiger partial charge in [0.25, 0.3) is 0 Å². The largest absolute Gasteiger partial charge is 0.337 e. The summed E-state index contributed by atoms with van der Waals surface area (Å²) in [4.78, 5) is 8.35. The lowest BCUT2D eigenvalue weighted by Gasteiger charge is -2.03. The van der Waals surface area contributed by atoms with Gasteiger partial charge in [0, 0.05) is 36.9 Å². The average Bonchev–Trinajstić information content (AvgIpc) is 3.41. The Morgan fingerprint density at radius 3 is 2.29 bits per heavy atom. The summed E-state index contributed by atoms with van der Waals surface area (Å²) in [7, 11) is 0. The summed E-state index contributed by atoms with van der Waals surface area (Å²) in [5.41, 5.74) is 4.61. The third-order valence-electron chi connectivity index (χ3n) is 5.52. The first-order valence-corrected chi connectivity index (χ1v) is 10.9. The van der Waals surface area contributed by atoms with Crippen molar-refractivity contribution in [2.45, 2.75) is 0 Å². The van der Waals surface area contributed by atoms with E-state index in [2.05, 4.69) is 59.6 Å². The van der Waals surface area contributed by atoms with Crippen molar-refractivity contribution in [1.29, 1.82) is 0 Å². The van der Waals surface area contributed by atoms with E-state index in [1.807, 2.05) is 24.3 Å². The average molecular weight is 421 g/mol. The Morgan fingerprint density at radius 1 is 0.645 bits per heavy atom. The number of imidazole rings is 1. The fraction of sp³-hybridized carbons (Fsp3) is 0. The van der Waals surface area contributed by atoms with Crippen LogP contribution in [-0.4, -0.2) is 9.97 Å². The first-order chi connectivity index (χ1) is 15.3. The van der Waals surface area contributed by atoms with Crippen LogP contribution in [0.4, 0.5) is 4.39 Å². The van der Waals surface area contributed by atoms with Crippen LogP contribution < -0.4 is 0 Å². The van der Waals surface area contributed by atoms with Gasteiger partial charge in [-0.05, 0) is 24.3 Å². The summed E-state index contributed by atoms with van der Waals surface area (Å²) in [5.74, 6) is 0.383. The molecule has 6 rings (SSSR count). The van der Waals surface area contributed by atoms with E-state index in [0.717, 1.165) is 28.1 Å². The van der Waals surface area contributed by atoms with Crippen molar-refractivity contribution in [2.75, 3.05) is 0 Å². The maximum Gasteiger partial charge on any atom is 0.138 e. The van der Waals surface area contributed by atoms with Crippen molar-refractivity contribution in [3.8, 4) is 33.9 Å². The minimum Gasteiger partial charge on any atom is -0.337 e. The van der Waals surface area contributed by atoms with E-state index in [4.69, 9.17) is 4.98 Å². The van der Waals surface area contributed by atoms with Gasteiger partial charge in [0.1, 0.15) is 11.6 Å². The van der Waals surface area contributed by atoms with Gasteiger partial charge < -0.3 is 4.98 Å². The molecular weight excluding hydrogens is 403 g/mol. The smallest absolute Gasteiger partial charge is 0.138 e. The molecule has 0 atom stereocenters. The minimum atomic E-state index is -0.275. The molecule has 0 unspecified atom stereocenters. The Kier molecular flexibility index (Phi) is 4.18. The fourth-order valence-electron chi connectivity index (χ4n) is 4.04. The van der Waals surface area contributed by atoms with Gasteiger partial charge in [-0.2, -0.15) is 0 Å².